The second-order valence-corrected chi connectivity index (χ2v) is 3.88. The molecule has 7 heteroatoms. The van der Waals surface area contributed by atoms with Crippen molar-refractivity contribution in [2.24, 2.45) is 0 Å². The number of hydrogen-bond acceptors (Lipinski definition) is 6. The van der Waals surface area contributed by atoms with Gasteiger partial charge in [0.15, 0.2) is 0 Å². The summed E-state index contributed by atoms with van der Waals surface area (Å²) in [6, 6.07) is 2.85. The first-order chi connectivity index (χ1) is 8.56. The lowest BCUT2D eigenvalue weighted by Crippen LogP contribution is -2.21. The number of hydrogen-bond donors (Lipinski definition) is 2. The molecule has 0 aliphatic carbocycles. The van der Waals surface area contributed by atoms with Crippen LogP contribution in [0.4, 0.5) is 17.3 Å². The van der Waals surface area contributed by atoms with Gasteiger partial charge in [-0.2, -0.15) is 0 Å². The second kappa shape index (κ2) is 6.75. The van der Waals surface area contributed by atoms with Crippen LogP contribution in [-0.4, -0.2) is 36.2 Å². The zero-order chi connectivity index (χ0) is 13.5. The van der Waals surface area contributed by atoms with Crippen LogP contribution in [0.5, 0.6) is 0 Å². The van der Waals surface area contributed by atoms with Crippen LogP contribution in [0.2, 0.25) is 0 Å². The van der Waals surface area contributed by atoms with Gasteiger partial charge >= 0.3 is 0 Å². The van der Waals surface area contributed by atoms with Gasteiger partial charge in [-0.3, -0.25) is 10.1 Å². The van der Waals surface area contributed by atoms with Crippen LogP contribution >= 0.6 is 0 Å². The summed E-state index contributed by atoms with van der Waals surface area (Å²) in [5, 5.41) is 16.8. The molecule has 0 aliphatic heterocycles. The molecule has 7 nitrogen and oxygen atoms in total. The standard InChI is InChI=1S/C11H18N4O3/c1-4-12-10-5-9(15(16)17)6-11(14-10)13-8(2)7-18-3/h5-6,8H,4,7H2,1-3H3,(H2,12,13,14). The fraction of sp³-hybridized carbons (Fsp3) is 0.545. The fourth-order valence-corrected chi connectivity index (χ4v) is 1.51. The van der Waals surface area contributed by atoms with Crippen LogP contribution in [0, 0.1) is 10.1 Å². The van der Waals surface area contributed by atoms with E-state index in [2.05, 4.69) is 15.6 Å². The van der Waals surface area contributed by atoms with Gasteiger partial charge in [0.1, 0.15) is 11.6 Å². The lowest BCUT2D eigenvalue weighted by molar-refractivity contribution is -0.384. The van der Waals surface area contributed by atoms with Crippen molar-refractivity contribution in [1.29, 1.82) is 0 Å². The number of methoxy groups -OCH3 is 1. The molecular formula is C11H18N4O3. The summed E-state index contributed by atoms with van der Waals surface area (Å²) in [6.07, 6.45) is 0. The maximum atomic E-state index is 10.8. The SMILES string of the molecule is CCNc1cc([N+](=O)[O-])cc(NC(C)COC)n1. The Morgan fingerprint density at radius 3 is 2.72 bits per heavy atom. The Morgan fingerprint density at radius 1 is 1.50 bits per heavy atom. The van der Waals surface area contributed by atoms with E-state index in [0.717, 1.165) is 0 Å². The number of anilines is 2. The van der Waals surface area contributed by atoms with Crippen molar-refractivity contribution in [3.05, 3.63) is 22.2 Å². The summed E-state index contributed by atoms with van der Waals surface area (Å²) in [5.41, 5.74) is 0.00747. The number of ether oxygens (including phenoxy) is 1. The van der Waals surface area contributed by atoms with Gasteiger partial charge in [-0.05, 0) is 13.8 Å². The molecule has 0 aromatic carbocycles. The number of nitrogens with zero attached hydrogens (tertiary/aromatic N) is 2. The zero-order valence-electron chi connectivity index (χ0n) is 10.8. The lowest BCUT2D eigenvalue weighted by atomic mass is 10.3. The van der Waals surface area contributed by atoms with Crippen molar-refractivity contribution in [3.63, 3.8) is 0 Å². The monoisotopic (exact) mass is 254 g/mol. The predicted molar refractivity (Wildman–Crippen MR) is 70.0 cm³/mol. The first-order valence-electron chi connectivity index (χ1n) is 5.72. The molecule has 1 aromatic heterocycles. The number of nitro groups is 1. The van der Waals surface area contributed by atoms with Gasteiger partial charge in [-0.1, -0.05) is 0 Å². The molecule has 18 heavy (non-hydrogen) atoms. The number of rotatable bonds is 7. The number of pyridine rings is 1. The van der Waals surface area contributed by atoms with E-state index in [1.165, 1.54) is 12.1 Å². The number of nitrogens with one attached hydrogen (secondary N) is 2. The molecule has 0 aliphatic rings. The summed E-state index contributed by atoms with van der Waals surface area (Å²) < 4.78 is 4.99. The molecule has 0 saturated carbocycles. The summed E-state index contributed by atoms with van der Waals surface area (Å²) in [6.45, 7) is 4.97. The molecule has 1 aromatic rings. The molecule has 0 fully saturated rings. The quantitative estimate of drug-likeness (QED) is 0.570. The van der Waals surface area contributed by atoms with Crippen LogP contribution in [0.3, 0.4) is 0 Å². The lowest BCUT2D eigenvalue weighted by Gasteiger charge is -2.14. The van der Waals surface area contributed by atoms with Crippen LogP contribution in [0.25, 0.3) is 0 Å². The van der Waals surface area contributed by atoms with Gasteiger partial charge in [0, 0.05) is 19.7 Å². The highest BCUT2D eigenvalue weighted by Crippen LogP contribution is 2.21. The Balaban J connectivity index is 2.91. The highest BCUT2D eigenvalue weighted by Gasteiger charge is 2.12. The Labute approximate surface area is 106 Å². The molecule has 1 rings (SSSR count). The van der Waals surface area contributed by atoms with Gasteiger partial charge < -0.3 is 15.4 Å². The first-order valence-corrected chi connectivity index (χ1v) is 5.72. The third kappa shape index (κ3) is 4.17. The van der Waals surface area contributed by atoms with E-state index in [1.54, 1.807) is 7.11 Å². The summed E-state index contributed by atoms with van der Waals surface area (Å²) >= 11 is 0. The van der Waals surface area contributed by atoms with Crippen molar-refractivity contribution in [2.75, 3.05) is 30.9 Å². The summed E-state index contributed by atoms with van der Waals surface area (Å²) in [5.74, 6) is 0.948. The molecule has 0 amide bonds. The third-order valence-corrected chi connectivity index (χ3v) is 2.19. The molecule has 1 heterocycles. The molecular weight excluding hydrogens is 236 g/mol. The van der Waals surface area contributed by atoms with E-state index in [1.807, 2.05) is 13.8 Å². The van der Waals surface area contributed by atoms with Crippen molar-refractivity contribution >= 4 is 17.3 Å². The van der Waals surface area contributed by atoms with E-state index < -0.39 is 4.92 Å². The van der Waals surface area contributed by atoms with Crippen LogP contribution in [-0.2, 0) is 4.74 Å². The maximum Gasteiger partial charge on any atom is 0.276 e. The minimum Gasteiger partial charge on any atom is -0.383 e. The van der Waals surface area contributed by atoms with Gasteiger partial charge in [0.25, 0.3) is 5.69 Å². The summed E-state index contributed by atoms with van der Waals surface area (Å²) in [4.78, 5) is 14.6. The van der Waals surface area contributed by atoms with E-state index in [9.17, 15) is 10.1 Å². The fourth-order valence-electron chi connectivity index (χ4n) is 1.51. The Morgan fingerprint density at radius 2 is 2.17 bits per heavy atom. The molecule has 0 saturated heterocycles. The molecule has 1 unspecified atom stereocenters. The first kappa shape index (κ1) is 14.2. The van der Waals surface area contributed by atoms with E-state index in [-0.39, 0.29) is 11.7 Å². The smallest absolute Gasteiger partial charge is 0.276 e. The van der Waals surface area contributed by atoms with Gasteiger partial charge in [0.2, 0.25) is 0 Å². The van der Waals surface area contributed by atoms with Gasteiger partial charge in [0.05, 0.1) is 23.7 Å². The summed E-state index contributed by atoms with van der Waals surface area (Å²) in [7, 11) is 1.60. The molecule has 2 N–H and O–H groups in total. The maximum absolute atomic E-state index is 10.8. The van der Waals surface area contributed by atoms with Crippen LogP contribution in [0.15, 0.2) is 12.1 Å². The van der Waals surface area contributed by atoms with E-state index >= 15 is 0 Å². The van der Waals surface area contributed by atoms with E-state index in [4.69, 9.17) is 4.74 Å². The van der Waals surface area contributed by atoms with Crippen molar-refractivity contribution in [3.8, 4) is 0 Å². The van der Waals surface area contributed by atoms with E-state index in [0.29, 0.717) is 24.8 Å². The predicted octanol–water partition coefficient (Wildman–Crippen LogP) is 1.87. The van der Waals surface area contributed by atoms with Crippen molar-refractivity contribution < 1.29 is 9.66 Å². The number of aromatic nitrogens is 1. The topological polar surface area (TPSA) is 89.3 Å². The highest BCUT2D eigenvalue weighted by atomic mass is 16.6. The van der Waals surface area contributed by atoms with Gasteiger partial charge in [-0.15, -0.1) is 0 Å². The second-order valence-electron chi connectivity index (χ2n) is 3.88. The van der Waals surface area contributed by atoms with Crippen molar-refractivity contribution in [1.82, 2.24) is 4.98 Å². The Bertz CT molecular complexity index is 411. The normalized spacial score (nSPS) is 11.9. The molecule has 1 atom stereocenters. The molecule has 0 bridgehead atoms. The average molecular weight is 254 g/mol. The highest BCUT2D eigenvalue weighted by molar-refractivity contribution is 5.54. The Hall–Kier alpha value is -1.89. The zero-order valence-corrected chi connectivity index (χ0v) is 10.8. The minimum absolute atomic E-state index is 0.00747. The Kier molecular flexibility index (Phi) is 5.31. The molecule has 100 valence electrons. The van der Waals surface area contributed by atoms with Crippen LogP contribution in [0.1, 0.15) is 13.8 Å². The van der Waals surface area contributed by atoms with Crippen LogP contribution < -0.4 is 10.6 Å². The molecule has 0 radical (unpaired) electrons. The van der Waals surface area contributed by atoms with Crippen molar-refractivity contribution in [2.45, 2.75) is 19.9 Å². The third-order valence-electron chi connectivity index (χ3n) is 2.19. The average Bonchev–Trinajstić information content (AvgIpc) is 2.29. The minimum atomic E-state index is -0.436. The molecule has 0 spiro atoms. The largest absolute Gasteiger partial charge is 0.383 e. The van der Waals surface area contributed by atoms with Gasteiger partial charge in [-0.25, -0.2) is 4.98 Å².